The van der Waals surface area contributed by atoms with Crippen LogP contribution in [0.25, 0.3) is 60.9 Å². The van der Waals surface area contributed by atoms with Gasteiger partial charge in [0.15, 0.2) is 0 Å². The fraction of sp³-hybridized carbons (Fsp3) is 0. The molecule has 2 heterocycles. The number of nitrogens with one attached hydrogen (secondary N) is 2. The minimum Gasteiger partial charge on any atom is -0.455 e. The van der Waals surface area contributed by atoms with E-state index in [-0.39, 0.29) is 11.7 Å². The first-order valence-corrected chi connectivity index (χ1v) is 17.0. The predicted octanol–water partition coefficient (Wildman–Crippen LogP) is 11.7. The van der Waals surface area contributed by atoms with Crippen molar-refractivity contribution in [1.82, 2.24) is 4.57 Å². The Balaban J connectivity index is 1.27. The summed E-state index contributed by atoms with van der Waals surface area (Å²) in [5.74, 6) is 1.30. The largest absolute Gasteiger partial charge is 0.455 e. The van der Waals surface area contributed by atoms with Crippen LogP contribution in [0.5, 0.6) is 0 Å². The molecule has 7 aromatic carbocycles. The van der Waals surface area contributed by atoms with Crippen molar-refractivity contribution in [2.75, 3.05) is 4.90 Å². The van der Waals surface area contributed by atoms with Crippen molar-refractivity contribution < 1.29 is 4.42 Å². The maximum absolute atomic E-state index is 9.33. The lowest BCUT2D eigenvalue weighted by Crippen LogP contribution is -2.37. The summed E-state index contributed by atoms with van der Waals surface area (Å²) in [6.07, 6.45) is 0. The lowest BCUT2D eigenvalue weighted by Gasteiger charge is -2.27. The quantitative estimate of drug-likeness (QED) is 0.138. The molecular formula is C46H32N4O. The second-order valence-electron chi connectivity index (χ2n) is 12.5. The number of hydrogen-bond acceptors (Lipinski definition) is 3. The molecular weight excluding hydrogens is 625 g/mol. The van der Waals surface area contributed by atoms with Gasteiger partial charge >= 0.3 is 0 Å². The third-order valence-electron chi connectivity index (χ3n) is 9.48. The van der Waals surface area contributed by atoms with Crippen LogP contribution in [-0.4, -0.2) is 16.2 Å². The Bertz CT molecular complexity index is 2660. The topological polar surface area (TPSA) is 69.0 Å². The highest BCUT2D eigenvalue weighted by Gasteiger charge is 2.25. The lowest BCUT2D eigenvalue weighted by atomic mass is 9.98. The molecule has 2 N–H and O–H groups in total. The molecule has 9 aromatic rings. The standard InChI is InChI=1S/C46H32N4O/c47-45(33-20-9-3-10-21-33)50(46(48)34-22-11-4-12-23-34)36-25-15-24-35(30-36)49-39-27-14-13-26-37(39)42-40(49)29-28-38-41(31-16-5-1-6-17-31)43(51-44(38)42)32-18-7-2-8-19-32/h1-30,47-48H. The number of furan rings is 1. The zero-order chi connectivity index (χ0) is 34.3. The van der Waals surface area contributed by atoms with Gasteiger partial charge in [0.2, 0.25) is 0 Å². The molecule has 0 aliphatic rings. The number of rotatable bonds is 6. The van der Waals surface area contributed by atoms with E-state index >= 15 is 0 Å². The number of fused-ring (bicyclic) bond motifs is 5. The van der Waals surface area contributed by atoms with Gasteiger partial charge in [-0.2, -0.15) is 0 Å². The molecule has 2 aromatic heterocycles. The van der Waals surface area contributed by atoms with Gasteiger partial charge in [-0.05, 0) is 42.0 Å². The SMILES string of the molecule is N=C(c1ccccc1)N(C(=N)c1ccccc1)c1cccc(-n2c3ccccc3c3c4oc(-c5ccccc5)c(-c5ccccc5)c4ccc32)c1. The van der Waals surface area contributed by atoms with Crippen molar-refractivity contribution in [3.63, 3.8) is 0 Å². The monoisotopic (exact) mass is 656 g/mol. The van der Waals surface area contributed by atoms with Gasteiger partial charge < -0.3 is 8.98 Å². The summed E-state index contributed by atoms with van der Waals surface area (Å²) in [5, 5.41) is 21.8. The fourth-order valence-corrected chi connectivity index (χ4v) is 7.16. The molecule has 0 radical (unpaired) electrons. The van der Waals surface area contributed by atoms with E-state index in [9.17, 15) is 10.8 Å². The molecule has 0 amide bonds. The highest BCUT2D eigenvalue weighted by molar-refractivity contribution is 6.28. The molecule has 0 unspecified atom stereocenters. The van der Waals surface area contributed by atoms with E-state index in [1.807, 2.05) is 97.1 Å². The summed E-state index contributed by atoms with van der Waals surface area (Å²) < 4.78 is 9.22. The maximum atomic E-state index is 9.33. The van der Waals surface area contributed by atoms with Crippen LogP contribution in [0.1, 0.15) is 11.1 Å². The summed E-state index contributed by atoms with van der Waals surface area (Å²) in [4.78, 5) is 1.71. The van der Waals surface area contributed by atoms with Gasteiger partial charge in [-0.25, -0.2) is 0 Å². The minimum atomic E-state index is 0.225. The zero-order valence-electron chi connectivity index (χ0n) is 27.6. The van der Waals surface area contributed by atoms with Crippen molar-refractivity contribution in [1.29, 1.82) is 10.8 Å². The van der Waals surface area contributed by atoms with Crippen LogP contribution in [0.4, 0.5) is 5.69 Å². The first kappa shape index (κ1) is 30.1. The highest BCUT2D eigenvalue weighted by atomic mass is 16.3. The van der Waals surface area contributed by atoms with Crippen LogP contribution in [0.2, 0.25) is 0 Å². The molecule has 0 fully saturated rings. The smallest absolute Gasteiger partial charge is 0.145 e. The second kappa shape index (κ2) is 12.5. The first-order valence-electron chi connectivity index (χ1n) is 17.0. The van der Waals surface area contributed by atoms with Crippen molar-refractivity contribution in [3.05, 3.63) is 193 Å². The van der Waals surface area contributed by atoms with Crippen LogP contribution in [0, 0.1) is 10.8 Å². The van der Waals surface area contributed by atoms with Gasteiger partial charge in [-0.3, -0.25) is 15.7 Å². The van der Waals surface area contributed by atoms with Crippen LogP contribution < -0.4 is 4.90 Å². The molecule has 9 rings (SSSR count). The highest BCUT2D eigenvalue weighted by Crippen LogP contribution is 2.46. The van der Waals surface area contributed by atoms with Crippen LogP contribution in [-0.2, 0) is 0 Å². The lowest BCUT2D eigenvalue weighted by molar-refractivity contribution is 0.636. The Morgan fingerprint density at radius 2 is 1.06 bits per heavy atom. The number of benzene rings is 7. The summed E-state index contributed by atoms with van der Waals surface area (Å²) in [7, 11) is 0. The van der Waals surface area contributed by atoms with E-state index in [0.29, 0.717) is 0 Å². The molecule has 0 aliphatic carbocycles. The number of nitrogens with zero attached hydrogens (tertiary/aromatic N) is 2. The Morgan fingerprint density at radius 3 is 1.71 bits per heavy atom. The molecule has 0 aliphatic heterocycles. The van der Waals surface area contributed by atoms with Gasteiger partial charge in [0.1, 0.15) is 23.0 Å². The van der Waals surface area contributed by atoms with Gasteiger partial charge in [0, 0.05) is 38.7 Å². The van der Waals surface area contributed by atoms with E-state index < -0.39 is 0 Å². The summed E-state index contributed by atoms with van der Waals surface area (Å²) >= 11 is 0. The second-order valence-corrected chi connectivity index (χ2v) is 12.5. The van der Waals surface area contributed by atoms with E-state index in [4.69, 9.17) is 4.42 Å². The molecule has 0 saturated heterocycles. The maximum Gasteiger partial charge on any atom is 0.145 e. The van der Waals surface area contributed by atoms with Gasteiger partial charge in [-0.15, -0.1) is 0 Å². The molecule has 5 nitrogen and oxygen atoms in total. The van der Waals surface area contributed by atoms with Gasteiger partial charge in [-0.1, -0.05) is 146 Å². The minimum absolute atomic E-state index is 0.225. The van der Waals surface area contributed by atoms with Crippen molar-refractivity contribution >= 4 is 50.1 Å². The zero-order valence-corrected chi connectivity index (χ0v) is 27.6. The van der Waals surface area contributed by atoms with Gasteiger partial charge in [0.25, 0.3) is 0 Å². The van der Waals surface area contributed by atoms with Crippen LogP contribution in [0.15, 0.2) is 186 Å². The normalized spacial score (nSPS) is 11.3. The molecule has 0 atom stereocenters. The van der Waals surface area contributed by atoms with Crippen LogP contribution >= 0.6 is 0 Å². The number of hydrogen-bond donors (Lipinski definition) is 2. The molecule has 0 saturated carbocycles. The molecule has 242 valence electrons. The third kappa shape index (κ3) is 5.11. The number of para-hydroxylation sites is 1. The van der Waals surface area contributed by atoms with Crippen molar-refractivity contribution in [2.45, 2.75) is 0 Å². The first-order chi connectivity index (χ1) is 25.2. The molecule has 0 bridgehead atoms. The summed E-state index contributed by atoms with van der Waals surface area (Å²) in [6.45, 7) is 0. The van der Waals surface area contributed by atoms with Crippen molar-refractivity contribution in [2.24, 2.45) is 0 Å². The number of aromatic nitrogens is 1. The van der Waals surface area contributed by atoms with Gasteiger partial charge in [0.05, 0.1) is 22.1 Å². The van der Waals surface area contributed by atoms with E-state index in [2.05, 4.69) is 89.5 Å². The Morgan fingerprint density at radius 1 is 0.490 bits per heavy atom. The molecule has 51 heavy (non-hydrogen) atoms. The molecule has 0 spiro atoms. The van der Waals surface area contributed by atoms with Crippen molar-refractivity contribution in [3.8, 4) is 28.1 Å². The van der Waals surface area contributed by atoms with E-state index in [0.717, 1.165) is 77.7 Å². The fourth-order valence-electron chi connectivity index (χ4n) is 7.16. The molecule has 5 heteroatoms. The summed E-state index contributed by atoms with van der Waals surface area (Å²) in [5.41, 5.74) is 9.19. The summed E-state index contributed by atoms with van der Waals surface area (Å²) in [6, 6.07) is 60.9. The Hall–Kier alpha value is -6.98. The average molecular weight is 657 g/mol. The number of anilines is 1. The van der Waals surface area contributed by atoms with E-state index in [1.165, 1.54) is 0 Å². The van der Waals surface area contributed by atoms with E-state index in [1.54, 1.807) is 4.90 Å². The third-order valence-corrected chi connectivity index (χ3v) is 9.48. The Labute approximate surface area is 295 Å². The Kier molecular flexibility index (Phi) is 7.37. The predicted molar refractivity (Wildman–Crippen MR) is 210 cm³/mol. The van der Waals surface area contributed by atoms with Crippen LogP contribution in [0.3, 0.4) is 0 Å². The average Bonchev–Trinajstić information content (AvgIpc) is 3.76. The number of amidine groups is 2.